The number of halogens is 6. The van der Waals surface area contributed by atoms with Gasteiger partial charge in [-0.1, -0.05) is 51.1 Å². The average Bonchev–Trinajstić information content (AvgIpc) is 3.13. The first kappa shape index (κ1) is 26.8. The Morgan fingerprint density at radius 2 is 1.51 bits per heavy atom. The molecule has 2 aromatic carbocycles. The molecule has 3 atom stereocenters. The molecule has 1 aliphatic rings. The molecule has 1 N–H and O–H groups in total. The second kappa shape index (κ2) is 9.72. The van der Waals surface area contributed by atoms with Gasteiger partial charge in [-0.3, -0.25) is 0 Å². The van der Waals surface area contributed by atoms with Crippen LogP contribution in [0, 0.1) is 11.3 Å². The molecule has 1 heterocycles. The van der Waals surface area contributed by atoms with E-state index in [4.69, 9.17) is 4.74 Å². The number of rotatable bonds is 5. The highest BCUT2D eigenvalue weighted by molar-refractivity contribution is 5.66. The van der Waals surface area contributed by atoms with Crippen molar-refractivity contribution in [3.63, 3.8) is 0 Å². The van der Waals surface area contributed by atoms with Gasteiger partial charge in [0, 0.05) is 24.4 Å². The second-order valence-electron chi connectivity index (χ2n) is 9.86. The minimum absolute atomic E-state index is 0.0388. The van der Waals surface area contributed by atoms with Crippen LogP contribution in [0.1, 0.15) is 48.9 Å². The maximum Gasteiger partial charge on any atom is 0.416 e. The molecule has 192 valence electrons. The summed E-state index contributed by atoms with van der Waals surface area (Å²) in [6.45, 7) is 5.35. The van der Waals surface area contributed by atoms with Crippen molar-refractivity contribution in [3.05, 3.63) is 70.8 Å². The Hall–Kier alpha value is -2.75. The molecule has 0 aliphatic carbocycles. The Balaban J connectivity index is 1.89. The SMILES string of the molecule is CC(C)(C)C1C(COCc2cc(C(F)(F)F)cc(C(F)(F)F)c2)C(c2ccccc2)CN1C(=O)O. The molecule has 0 spiro atoms. The van der Waals surface area contributed by atoms with Crippen LogP contribution in [-0.4, -0.2) is 35.3 Å². The lowest BCUT2D eigenvalue weighted by Gasteiger charge is -2.37. The Labute approximate surface area is 199 Å². The van der Waals surface area contributed by atoms with E-state index >= 15 is 0 Å². The van der Waals surface area contributed by atoms with Gasteiger partial charge in [-0.15, -0.1) is 0 Å². The Morgan fingerprint density at radius 3 is 1.97 bits per heavy atom. The van der Waals surface area contributed by atoms with Crippen LogP contribution < -0.4 is 0 Å². The van der Waals surface area contributed by atoms with Crippen LogP contribution >= 0.6 is 0 Å². The standard InChI is InChI=1S/C25H27F6NO3/c1-23(2,3)21-20(19(12-32(21)22(33)34)16-7-5-4-6-8-16)14-35-13-15-9-17(24(26,27)28)11-18(10-15)25(29,30)31/h4-11,19-21H,12-14H2,1-3H3,(H,33,34). The summed E-state index contributed by atoms with van der Waals surface area (Å²) in [4.78, 5) is 13.4. The van der Waals surface area contributed by atoms with Gasteiger partial charge in [0.25, 0.3) is 0 Å². The minimum atomic E-state index is -4.95. The summed E-state index contributed by atoms with van der Waals surface area (Å²) in [5, 5.41) is 9.82. The minimum Gasteiger partial charge on any atom is -0.465 e. The molecule has 0 radical (unpaired) electrons. The van der Waals surface area contributed by atoms with Gasteiger partial charge in [-0.05, 0) is 34.7 Å². The summed E-state index contributed by atoms with van der Waals surface area (Å²) in [7, 11) is 0. The highest BCUT2D eigenvalue weighted by atomic mass is 19.4. The third kappa shape index (κ3) is 6.28. The van der Waals surface area contributed by atoms with Gasteiger partial charge in [0.2, 0.25) is 0 Å². The van der Waals surface area contributed by atoms with Gasteiger partial charge in [-0.2, -0.15) is 26.3 Å². The van der Waals surface area contributed by atoms with E-state index < -0.39 is 47.6 Å². The predicted molar refractivity (Wildman–Crippen MR) is 117 cm³/mol. The maximum absolute atomic E-state index is 13.2. The van der Waals surface area contributed by atoms with Gasteiger partial charge in [-0.25, -0.2) is 4.79 Å². The van der Waals surface area contributed by atoms with E-state index in [0.29, 0.717) is 12.1 Å². The Bertz CT molecular complexity index is 998. The number of nitrogens with zero attached hydrogens (tertiary/aromatic N) is 1. The van der Waals surface area contributed by atoms with Crippen LogP contribution in [0.15, 0.2) is 48.5 Å². The fourth-order valence-electron chi connectivity index (χ4n) is 4.89. The Morgan fingerprint density at radius 1 is 0.971 bits per heavy atom. The zero-order chi connectivity index (χ0) is 26.2. The van der Waals surface area contributed by atoms with Crippen molar-refractivity contribution in [1.82, 2.24) is 4.90 Å². The van der Waals surface area contributed by atoms with Crippen molar-refractivity contribution in [2.24, 2.45) is 11.3 Å². The van der Waals surface area contributed by atoms with E-state index in [1.54, 1.807) is 0 Å². The number of carbonyl (C=O) groups is 1. The number of hydrogen-bond acceptors (Lipinski definition) is 2. The molecule has 10 heteroatoms. The highest BCUT2D eigenvalue weighted by Gasteiger charge is 2.49. The number of amides is 1. The number of alkyl halides is 6. The van der Waals surface area contributed by atoms with Crippen LogP contribution in [0.25, 0.3) is 0 Å². The van der Waals surface area contributed by atoms with E-state index in [1.165, 1.54) is 4.90 Å². The molecule has 1 amide bonds. The first-order valence-corrected chi connectivity index (χ1v) is 11.0. The third-order valence-corrected chi connectivity index (χ3v) is 6.24. The number of benzene rings is 2. The van der Waals surface area contributed by atoms with Gasteiger partial charge in [0.05, 0.1) is 24.3 Å². The summed E-state index contributed by atoms with van der Waals surface area (Å²) in [5.74, 6) is -0.606. The van der Waals surface area contributed by atoms with Gasteiger partial charge >= 0.3 is 18.4 Å². The first-order chi connectivity index (χ1) is 16.1. The molecule has 4 nitrogen and oxygen atoms in total. The van der Waals surface area contributed by atoms with Crippen molar-refractivity contribution in [1.29, 1.82) is 0 Å². The van der Waals surface area contributed by atoms with Gasteiger partial charge in [0.1, 0.15) is 0 Å². The number of likely N-dealkylation sites (tertiary alicyclic amines) is 1. The smallest absolute Gasteiger partial charge is 0.416 e. The van der Waals surface area contributed by atoms with Crippen LogP contribution in [0.5, 0.6) is 0 Å². The fourth-order valence-corrected chi connectivity index (χ4v) is 4.89. The van der Waals surface area contributed by atoms with E-state index in [9.17, 15) is 36.2 Å². The second-order valence-corrected chi connectivity index (χ2v) is 9.86. The quantitative estimate of drug-likeness (QED) is 0.445. The van der Waals surface area contributed by atoms with E-state index in [0.717, 1.165) is 5.56 Å². The van der Waals surface area contributed by atoms with Crippen LogP contribution in [0.3, 0.4) is 0 Å². The lowest BCUT2D eigenvalue weighted by atomic mass is 9.75. The summed E-state index contributed by atoms with van der Waals surface area (Å²) >= 11 is 0. The highest BCUT2D eigenvalue weighted by Crippen LogP contribution is 2.45. The normalized spacial score (nSPS) is 21.4. The predicted octanol–water partition coefficient (Wildman–Crippen LogP) is 7.05. The molecular weight excluding hydrogens is 476 g/mol. The molecule has 1 saturated heterocycles. The van der Waals surface area contributed by atoms with E-state index in [1.807, 2.05) is 51.1 Å². The van der Waals surface area contributed by atoms with Gasteiger partial charge < -0.3 is 14.7 Å². The summed E-state index contributed by atoms with van der Waals surface area (Å²) in [6.07, 6.45) is -11.0. The molecule has 1 fully saturated rings. The Kier molecular flexibility index (Phi) is 7.45. The van der Waals surface area contributed by atoms with Crippen molar-refractivity contribution >= 4 is 6.09 Å². The molecule has 35 heavy (non-hydrogen) atoms. The molecule has 0 aromatic heterocycles. The lowest BCUT2D eigenvalue weighted by molar-refractivity contribution is -0.143. The lowest BCUT2D eigenvalue weighted by Crippen LogP contribution is -2.46. The van der Waals surface area contributed by atoms with Crippen molar-refractivity contribution < 1.29 is 41.0 Å². The monoisotopic (exact) mass is 503 g/mol. The summed E-state index contributed by atoms with van der Waals surface area (Å²) < 4.78 is 84.7. The summed E-state index contributed by atoms with van der Waals surface area (Å²) in [5.41, 5.74) is -2.67. The van der Waals surface area contributed by atoms with Gasteiger partial charge in [0.15, 0.2) is 0 Å². The zero-order valence-electron chi connectivity index (χ0n) is 19.5. The van der Waals surface area contributed by atoms with Crippen molar-refractivity contribution in [2.45, 2.75) is 51.7 Å². The molecular formula is C25H27F6NO3. The molecule has 0 bridgehead atoms. The third-order valence-electron chi connectivity index (χ3n) is 6.24. The maximum atomic E-state index is 13.2. The first-order valence-electron chi connectivity index (χ1n) is 11.0. The van der Waals surface area contributed by atoms with Crippen LogP contribution in [0.2, 0.25) is 0 Å². The largest absolute Gasteiger partial charge is 0.465 e. The number of hydrogen-bond donors (Lipinski definition) is 1. The van der Waals surface area contributed by atoms with Crippen LogP contribution in [-0.2, 0) is 23.7 Å². The molecule has 1 aliphatic heterocycles. The number of carboxylic acid groups (broad SMARTS) is 1. The summed E-state index contributed by atoms with van der Waals surface area (Å²) in [6, 6.07) is 10.1. The zero-order valence-corrected chi connectivity index (χ0v) is 19.5. The number of ether oxygens (including phenoxy) is 1. The van der Waals surface area contributed by atoms with Crippen molar-refractivity contribution in [3.8, 4) is 0 Å². The molecule has 3 rings (SSSR count). The molecule has 0 saturated carbocycles. The topological polar surface area (TPSA) is 49.8 Å². The average molecular weight is 503 g/mol. The molecule has 2 aromatic rings. The van der Waals surface area contributed by atoms with E-state index in [-0.39, 0.29) is 36.6 Å². The molecule has 3 unspecified atom stereocenters. The van der Waals surface area contributed by atoms with E-state index in [2.05, 4.69) is 0 Å². The van der Waals surface area contributed by atoms with Crippen LogP contribution in [0.4, 0.5) is 31.1 Å². The van der Waals surface area contributed by atoms with Crippen molar-refractivity contribution in [2.75, 3.05) is 13.2 Å². The fraction of sp³-hybridized carbons (Fsp3) is 0.480.